The number of carbonyl (C=O) groups excluding carboxylic acids is 1. The van der Waals surface area contributed by atoms with Crippen LogP contribution in [0.3, 0.4) is 0 Å². The highest BCUT2D eigenvalue weighted by atomic mass is 19.4. The molecule has 2 heterocycles. The summed E-state index contributed by atoms with van der Waals surface area (Å²) in [4.78, 5) is 17.1. The predicted molar refractivity (Wildman–Crippen MR) is 116 cm³/mol. The number of fused-ring (bicyclic) bond motifs is 5. The van der Waals surface area contributed by atoms with Crippen LogP contribution < -0.4 is 15.1 Å². The third-order valence-electron chi connectivity index (χ3n) is 6.42. The number of nitrogens with zero attached hydrogens (tertiary/aromatic N) is 2. The molecular formula is C24H24F3N3O. The summed E-state index contributed by atoms with van der Waals surface area (Å²) in [7, 11) is 0. The van der Waals surface area contributed by atoms with Crippen LogP contribution in [-0.4, -0.2) is 18.6 Å². The Morgan fingerprint density at radius 3 is 2.74 bits per heavy atom. The summed E-state index contributed by atoms with van der Waals surface area (Å²) in [5.41, 5.74) is 7.55. The van der Waals surface area contributed by atoms with E-state index in [0.717, 1.165) is 42.0 Å². The SMILES string of the molecule is CC1=C2CC(=O)N(c3cccc(NCC(F)(F)F)c3)c3ccc4c(c3N12)CC(C)CC4. The highest BCUT2D eigenvalue weighted by molar-refractivity contribution is 6.09. The van der Waals surface area contributed by atoms with Crippen LogP contribution in [-0.2, 0) is 17.6 Å². The minimum absolute atomic E-state index is 0.0765. The van der Waals surface area contributed by atoms with Gasteiger partial charge in [-0.3, -0.25) is 9.69 Å². The van der Waals surface area contributed by atoms with Crippen molar-refractivity contribution in [2.45, 2.75) is 45.7 Å². The van der Waals surface area contributed by atoms with Gasteiger partial charge in [0.25, 0.3) is 0 Å². The quantitative estimate of drug-likeness (QED) is 0.662. The zero-order chi connectivity index (χ0) is 21.9. The smallest absolute Gasteiger partial charge is 0.376 e. The summed E-state index contributed by atoms with van der Waals surface area (Å²) in [5.74, 6) is 0.498. The normalized spacial score (nSPS) is 20.2. The molecule has 0 fully saturated rings. The van der Waals surface area contributed by atoms with E-state index in [2.05, 4.69) is 23.2 Å². The number of rotatable bonds is 3. The van der Waals surface area contributed by atoms with Crippen LogP contribution >= 0.6 is 0 Å². The summed E-state index contributed by atoms with van der Waals surface area (Å²) in [6, 6.07) is 10.7. The maximum atomic E-state index is 13.3. The third kappa shape index (κ3) is 3.56. The van der Waals surface area contributed by atoms with E-state index in [1.807, 2.05) is 13.0 Å². The Kier molecular flexibility index (Phi) is 4.53. The van der Waals surface area contributed by atoms with Crippen LogP contribution in [0.2, 0.25) is 0 Å². The number of anilines is 4. The average molecular weight is 427 g/mol. The molecule has 2 aromatic rings. The lowest BCUT2D eigenvalue weighted by molar-refractivity contribution is -0.117. The zero-order valence-electron chi connectivity index (χ0n) is 17.5. The lowest BCUT2D eigenvalue weighted by Gasteiger charge is -2.30. The third-order valence-corrected chi connectivity index (χ3v) is 6.42. The van der Waals surface area contributed by atoms with E-state index in [1.54, 1.807) is 29.2 Å². The number of hydrogen-bond donors (Lipinski definition) is 1. The second kappa shape index (κ2) is 7.04. The van der Waals surface area contributed by atoms with E-state index in [9.17, 15) is 18.0 Å². The lowest BCUT2D eigenvalue weighted by Crippen LogP contribution is -2.26. The fourth-order valence-electron chi connectivity index (χ4n) is 4.81. The minimum atomic E-state index is -4.31. The Balaban J connectivity index is 1.59. The molecule has 0 bridgehead atoms. The first kappa shape index (κ1) is 20.0. The number of allylic oxidation sites excluding steroid dienone is 1. The fraction of sp³-hybridized carbons (Fsp3) is 0.375. The summed E-state index contributed by atoms with van der Waals surface area (Å²) >= 11 is 0. The van der Waals surface area contributed by atoms with Gasteiger partial charge in [-0.15, -0.1) is 0 Å². The molecular weight excluding hydrogens is 403 g/mol. The summed E-state index contributed by atoms with van der Waals surface area (Å²) in [6.07, 6.45) is -0.886. The van der Waals surface area contributed by atoms with E-state index in [-0.39, 0.29) is 12.3 Å². The minimum Gasteiger partial charge on any atom is -0.376 e. The molecule has 0 radical (unpaired) electrons. The summed E-state index contributed by atoms with van der Waals surface area (Å²) < 4.78 is 37.9. The molecule has 4 nitrogen and oxygen atoms in total. The van der Waals surface area contributed by atoms with Crippen molar-refractivity contribution in [1.29, 1.82) is 0 Å². The molecule has 7 heteroatoms. The molecule has 0 aromatic heterocycles. The molecule has 0 spiro atoms. The van der Waals surface area contributed by atoms with E-state index in [0.29, 0.717) is 17.3 Å². The van der Waals surface area contributed by atoms with Crippen LogP contribution in [0.4, 0.5) is 35.9 Å². The number of halogens is 3. The first-order valence-electron chi connectivity index (χ1n) is 10.6. The van der Waals surface area contributed by atoms with Gasteiger partial charge in [-0.1, -0.05) is 19.1 Å². The van der Waals surface area contributed by atoms with Crippen LogP contribution in [0.15, 0.2) is 47.8 Å². The molecule has 162 valence electrons. The number of benzene rings is 2. The van der Waals surface area contributed by atoms with Crippen molar-refractivity contribution in [2.24, 2.45) is 5.92 Å². The second-order valence-electron chi connectivity index (χ2n) is 8.71. The number of carbonyl (C=O) groups is 1. The zero-order valence-corrected chi connectivity index (χ0v) is 17.5. The van der Waals surface area contributed by atoms with Crippen LogP contribution in [0.25, 0.3) is 0 Å². The monoisotopic (exact) mass is 427 g/mol. The van der Waals surface area contributed by atoms with Crippen molar-refractivity contribution in [3.8, 4) is 0 Å². The van der Waals surface area contributed by atoms with E-state index < -0.39 is 12.7 Å². The molecule has 1 unspecified atom stereocenters. The predicted octanol–water partition coefficient (Wildman–Crippen LogP) is 5.91. The molecule has 0 saturated heterocycles. The van der Waals surface area contributed by atoms with Gasteiger partial charge in [-0.2, -0.15) is 13.2 Å². The molecule has 31 heavy (non-hydrogen) atoms. The van der Waals surface area contributed by atoms with Crippen LogP contribution in [0.5, 0.6) is 0 Å². The summed E-state index contributed by atoms with van der Waals surface area (Å²) in [5, 5.41) is 2.42. The first-order valence-corrected chi connectivity index (χ1v) is 10.6. The number of amides is 1. The van der Waals surface area contributed by atoms with Gasteiger partial charge in [0.05, 0.1) is 29.2 Å². The van der Waals surface area contributed by atoms with Gasteiger partial charge in [-0.05, 0) is 67.5 Å². The highest BCUT2D eigenvalue weighted by Gasteiger charge is 2.42. The first-order chi connectivity index (χ1) is 14.7. The largest absolute Gasteiger partial charge is 0.405 e. The average Bonchev–Trinajstić information content (AvgIpc) is 3.37. The van der Waals surface area contributed by atoms with Crippen molar-refractivity contribution < 1.29 is 18.0 Å². The summed E-state index contributed by atoms with van der Waals surface area (Å²) in [6.45, 7) is 3.17. The van der Waals surface area contributed by atoms with Gasteiger partial charge in [0.2, 0.25) is 5.91 Å². The number of aryl methyl sites for hydroxylation is 1. The van der Waals surface area contributed by atoms with E-state index in [1.165, 1.54) is 11.1 Å². The van der Waals surface area contributed by atoms with Crippen LogP contribution in [0.1, 0.15) is 37.8 Å². The number of alkyl halides is 3. The number of nitrogens with one attached hydrogen (secondary N) is 1. The van der Waals surface area contributed by atoms with Gasteiger partial charge in [0.1, 0.15) is 6.54 Å². The Bertz CT molecular complexity index is 1110. The molecule has 2 aliphatic heterocycles. The molecule has 1 aliphatic carbocycles. The highest BCUT2D eigenvalue weighted by Crippen LogP contribution is 2.53. The number of hydrogen-bond acceptors (Lipinski definition) is 3. The van der Waals surface area contributed by atoms with Crippen molar-refractivity contribution in [1.82, 2.24) is 0 Å². The van der Waals surface area contributed by atoms with Crippen molar-refractivity contribution >= 4 is 28.7 Å². The van der Waals surface area contributed by atoms with Gasteiger partial charge < -0.3 is 10.2 Å². The Morgan fingerprint density at radius 2 is 1.97 bits per heavy atom. The molecule has 1 N–H and O–H groups in total. The topological polar surface area (TPSA) is 35.4 Å². The Morgan fingerprint density at radius 1 is 1.16 bits per heavy atom. The standard InChI is InChI=1S/C24H24F3N3O/c1-14-6-7-16-8-9-20-23(19(16)10-14)29-15(2)21(29)12-22(31)30(20)18-5-3-4-17(11-18)28-13-24(25,26)27/h3-5,8-9,11,14,28H,6-7,10,12-13H2,1-2H3. The van der Waals surface area contributed by atoms with Crippen molar-refractivity contribution in [2.75, 3.05) is 21.7 Å². The van der Waals surface area contributed by atoms with Crippen molar-refractivity contribution in [3.63, 3.8) is 0 Å². The molecule has 5 rings (SSSR count). The van der Waals surface area contributed by atoms with Gasteiger partial charge >= 0.3 is 6.18 Å². The maximum Gasteiger partial charge on any atom is 0.405 e. The van der Waals surface area contributed by atoms with Crippen molar-refractivity contribution in [3.05, 3.63) is 58.9 Å². The van der Waals surface area contributed by atoms with Crippen LogP contribution in [0, 0.1) is 5.92 Å². The van der Waals surface area contributed by atoms with Gasteiger partial charge in [-0.25, -0.2) is 0 Å². The molecule has 1 amide bonds. The molecule has 2 aromatic carbocycles. The van der Waals surface area contributed by atoms with E-state index >= 15 is 0 Å². The van der Waals surface area contributed by atoms with E-state index in [4.69, 9.17) is 0 Å². The maximum absolute atomic E-state index is 13.3. The molecule has 0 saturated carbocycles. The van der Waals surface area contributed by atoms with Gasteiger partial charge in [0.15, 0.2) is 0 Å². The lowest BCUT2D eigenvalue weighted by atomic mass is 9.83. The Labute approximate surface area is 179 Å². The van der Waals surface area contributed by atoms with Gasteiger partial charge in [0, 0.05) is 11.4 Å². The molecule has 1 atom stereocenters. The molecule has 3 aliphatic rings. The Hall–Kier alpha value is -2.96. The second-order valence-corrected chi connectivity index (χ2v) is 8.71. The fourth-order valence-corrected chi connectivity index (χ4v) is 4.81.